The van der Waals surface area contributed by atoms with Crippen molar-refractivity contribution < 1.29 is 0 Å². The molecular formula is C12H26N2S. The van der Waals surface area contributed by atoms with Crippen molar-refractivity contribution in [3.63, 3.8) is 0 Å². The van der Waals surface area contributed by atoms with Crippen molar-refractivity contribution in [1.29, 1.82) is 0 Å². The molecule has 1 fully saturated rings. The van der Waals surface area contributed by atoms with Gasteiger partial charge in [0.25, 0.3) is 0 Å². The maximum absolute atomic E-state index is 3.54. The summed E-state index contributed by atoms with van der Waals surface area (Å²) < 4.78 is 0. The summed E-state index contributed by atoms with van der Waals surface area (Å²) in [5.41, 5.74) is 0.251. The minimum Gasteiger partial charge on any atom is -0.314 e. The number of rotatable bonds is 5. The van der Waals surface area contributed by atoms with E-state index in [-0.39, 0.29) is 5.54 Å². The molecule has 2 nitrogen and oxygen atoms in total. The Hall–Kier alpha value is 0.270. The van der Waals surface area contributed by atoms with Crippen LogP contribution in [-0.4, -0.2) is 36.2 Å². The topological polar surface area (TPSA) is 24.1 Å². The molecule has 0 bridgehead atoms. The first-order valence-electron chi connectivity index (χ1n) is 6.15. The highest BCUT2D eigenvalue weighted by molar-refractivity contribution is 7.99. The molecule has 2 N–H and O–H groups in total. The lowest BCUT2D eigenvalue weighted by Crippen LogP contribution is -2.41. The molecule has 15 heavy (non-hydrogen) atoms. The molecule has 1 atom stereocenters. The molecule has 0 aliphatic carbocycles. The van der Waals surface area contributed by atoms with Crippen LogP contribution in [0.25, 0.3) is 0 Å². The second-order valence-corrected chi connectivity index (χ2v) is 6.78. The largest absolute Gasteiger partial charge is 0.314 e. The Labute approximate surface area is 99.0 Å². The van der Waals surface area contributed by atoms with Crippen LogP contribution in [0, 0.1) is 0 Å². The van der Waals surface area contributed by atoms with E-state index in [9.17, 15) is 0 Å². The average molecular weight is 230 g/mol. The molecule has 0 radical (unpaired) electrons. The van der Waals surface area contributed by atoms with Gasteiger partial charge in [0, 0.05) is 30.4 Å². The molecule has 1 aliphatic rings. The van der Waals surface area contributed by atoms with Crippen molar-refractivity contribution in [2.75, 3.05) is 25.4 Å². The van der Waals surface area contributed by atoms with Crippen LogP contribution in [0.3, 0.4) is 0 Å². The van der Waals surface area contributed by atoms with E-state index in [1.165, 1.54) is 31.6 Å². The summed E-state index contributed by atoms with van der Waals surface area (Å²) in [7, 11) is 0. The zero-order valence-corrected chi connectivity index (χ0v) is 11.3. The highest BCUT2D eigenvalue weighted by atomic mass is 32.2. The van der Waals surface area contributed by atoms with Gasteiger partial charge in [-0.15, -0.1) is 0 Å². The van der Waals surface area contributed by atoms with Crippen LogP contribution in [0.1, 0.15) is 40.0 Å². The van der Waals surface area contributed by atoms with Crippen LogP contribution in [-0.2, 0) is 0 Å². The van der Waals surface area contributed by atoms with E-state index in [1.807, 2.05) is 0 Å². The van der Waals surface area contributed by atoms with Gasteiger partial charge in [-0.05, 0) is 39.4 Å². The summed E-state index contributed by atoms with van der Waals surface area (Å²) in [5.74, 6) is 1.37. The zero-order valence-electron chi connectivity index (χ0n) is 10.4. The van der Waals surface area contributed by atoms with Gasteiger partial charge in [-0.25, -0.2) is 0 Å². The van der Waals surface area contributed by atoms with Gasteiger partial charge in [0.15, 0.2) is 0 Å². The van der Waals surface area contributed by atoms with E-state index < -0.39 is 0 Å². The molecule has 0 spiro atoms. The predicted octanol–water partition coefficient (Wildman–Crippen LogP) is 2.25. The van der Waals surface area contributed by atoms with Gasteiger partial charge in [-0.1, -0.05) is 6.42 Å². The van der Waals surface area contributed by atoms with E-state index >= 15 is 0 Å². The molecular weight excluding hydrogens is 204 g/mol. The molecule has 1 saturated heterocycles. The average Bonchev–Trinajstić information content (AvgIpc) is 2.17. The lowest BCUT2D eigenvalue weighted by Gasteiger charge is -2.23. The van der Waals surface area contributed by atoms with Crippen LogP contribution in [0.15, 0.2) is 0 Å². The molecule has 0 saturated carbocycles. The molecule has 0 amide bonds. The third-order valence-electron chi connectivity index (χ3n) is 2.60. The Morgan fingerprint density at radius 3 is 2.60 bits per heavy atom. The number of hydrogen-bond donors (Lipinski definition) is 2. The first kappa shape index (κ1) is 13.3. The van der Waals surface area contributed by atoms with Crippen LogP contribution < -0.4 is 10.6 Å². The summed E-state index contributed by atoms with van der Waals surface area (Å²) in [6.45, 7) is 9.99. The van der Waals surface area contributed by atoms with Crippen molar-refractivity contribution in [3.8, 4) is 0 Å². The highest BCUT2D eigenvalue weighted by Gasteiger charge is 2.13. The van der Waals surface area contributed by atoms with Crippen molar-refractivity contribution in [2.24, 2.45) is 0 Å². The number of thioether (sulfide) groups is 1. The van der Waals surface area contributed by atoms with Gasteiger partial charge in [-0.3, -0.25) is 0 Å². The zero-order chi connectivity index (χ0) is 11.1. The highest BCUT2D eigenvalue weighted by Crippen LogP contribution is 2.23. The standard InChI is InChI=1S/C12H26N2S/c1-12(2,3)14-8-7-13-10-11-6-4-5-9-15-11/h11,13-14H,4-10H2,1-3H3. The second kappa shape index (κ2) is 6.77. The summed E-state index contributed by atoms with van der Waals surface area (Å²) >= 11 is 2.14. The third kappa shape index (κ3) is 7.20. The molecule has 3 heteroatoms. The first-order chi connectivity index (χ1) is 7.08. The Bertz CT molecular complexity index is 159. The van der Waals surface area contributed by atoms with Gasteiger partial charge in [-0.2, -0.15) is 11.8 Å². The summed E-state index contributed by atoms with van der Waals surface area (Å²) in [6, 6.07) is 0. The second-order valence-electron chi connectivity index (χ2n) is 5.37. The summed E-state index contributed by atoms with van der Waals surface area (Å²) in [4.78, 5) is 0. The molecule has 0 aromatic rings. The smallest absolute Gasteiger partial charge is 0.0172 e. The Morgan fingerprint density at radius 1 is 1.20 bits per heavy atom. The summed E-state index contributed by atoms with van der Waals surface area (Å²) in [5, 5.41) is 7.90. The summed E-state index contributed by atoms with van der Waals surface area (Å²) in [6.07, 6.45) is 4.26. The molecule has 0 aromatic carbocycles. The van der Waals surface area contributed by atoms with Crippen LogP contribution in [0.2, 0.25) is 0 Å². The van der Waals surface area contributed by atoms with Gasteiger partial charge >= 0.3 is 0 Å². The Morgan fingerprint density at radius 2 is 2.00 bits per heavy atom. The van der Waals surface area contributed by atoms with Crippen LogP contribution in [0.5, 0.6) is 0 Å². The minimum absolute atomic E-state index is 0.251. The van der Waals surface area contributed by atoms with E-state index in [0.29, 0.717) is 0 Å². The quantitative estimate of drug-likeness (QED) is 0.708. The van der Waals surface area contributed by atoms with E-state index in [1.54, 1.807) is 0 Å². The lowest BCUT2D eigenvalue weighted by molar-refractivity contribution is 0.421. The maximum Gasteiger partial charge on any atom is 0.0172 e. The third-order valence-corrected chi connectivity index (χ3v) is 4.00. The Balaban J connectivity index is 1.92. The monoisotopic (exact) mass is 230 g/mol. The SMILES string of the molecule is CC(C)(C)NCCNCC1CCCCS1. The van der Waals surface area contributed by atoms with Crippen molar-refractivity contribution in [2.45, 2.75) is 50.8 Å². The fourth-order valence-corrected chi connectivity index (χ4v) is 3.03. The van der Waals surface area contributed by atoms with Crippen LogP contribution in [0.4, 0.5) is 0 Å². The van der Waals surface area contributed by atoms with Gasteiger partial charge < -0.3 is 10.6 Å². The Kier molecular flexibility index (Phi) is 6.02. The molecule has 1 aliphatic heterocycles. The fraction of sp³-hybridized carbons (Fsp3) is 1.00. The van der Waals surface area contributed by atoms with E-state index in [2.05, 4.69) is 43.2 Å². The molecule has 0 aromatic heterocycles. The van der Waals surface area contributed by atoms with Gasteiger partial charge in [0.2, 0.25) is 0 Å². The van der Waals surface area contributed by atoms with Crippen molar-refractivity contribution in [3.05, 3.63) is 0 Å². The van der Waals surface area contributed by atoms with Crippen molar-refractivity contribution >= 4 is 11.8 Å². The van der Waals surface area contributed by atoms with E-state index in [0.717, 1.165) is 18.3 Å². The normalized spacial score (nSPS) is 23.0. The van der Waals surface area contributed by atoms with Crippen molar-refractivity contribution in [1.82, 2.24) is 10.6 Å². The van der Waals surface area contributed by atoms with Gasteiger partial charge in [0.1, 0.15) is 0 Å². The van der Waals surface area contributed by atoms with Crippen LogP contribution >= 0.6 is 11.8 Å². The lowest BCUT2D eigenvalue weighted by atomic mass is 10.1. The maximum atomic E-state index is 3.54. The minimum atomic E-state index is 0.251. The predicted molar refractivity (Wildman–Crippen MR) is 70.7 cm³/mol. The molecule has 90 valence electrons. The molecule has 1 heterocycles. The van der Waals surface area contributed by atoms with E-state index in [4.69, 9.17) is 0 Å². The fourth-order valence-electron chi connectivity index (χ4n) is 1.76. The first-order valence-corrected chi connectivity index (χ1v) is 7.20. The number of nitrogens with one attached hydrogen (secondary N) is 2. The molecule has 1 rings (SSSR count). The number of hydrogen-bond acceptors (Lipinski definition) is 3. The van der Waals surface area contributed by atoms with Gasteiger partial charge in [0.05, 0.1) is 0 Å². The molecule has 1 unspecified atom stereocenters.